The van der Waals surface area contributed by atoms with Crippen molar-refractivity contribution in [2.75, 3.05) is 6.79 Å². The number of hydrogen-bond donors (Lipinski definition) is 1. The van der Waals surface area contributed by atoms with Gasteiger partial charge in [0.05, 0.1) is 5.52 Å². The molecule has 0 unspecified atom stereocenters. The standard InChI is InChI=1S/C18H15FN2O3/c19-14-3-2-13-5-6-21(15(13)8-14)10-18(22)20-9-12-1-4-16-17(7-12)24-11-23-16/h1-8H,9-11H2,(H,20,22). The Morgan fingerprint density at radius 2 is 2.00 bits per heavy atom. The highest BCUT2D eigenvalue weighted by molar-refractivity contribution is 5.83. The summed E-state index contributed by atoms with van der Waals surface area (Å²) in [6, 6.07) is 12.0. The van der Waals surface area contributed by atoms with Gasteiger partial charge in [0, 0.05) is 12.7 Å². The minimum Gasteiger partial charge on any atom is -0.454 e. The zero-order valence-electron chi connectivity index (χ0n) is 12.8. The summed E-state index contributed by atoms with van der Waals surface area (Å²) >= 11 is 0. The Morgan fingerprint density at radius 1 is 1.12 bits per heavy atom. The maximum absolute atomic E-state index is 13.4. The van der Waals surface area contributed by atoms with Gasteiger partial charge in [-0.3, -0.25) is 4.79 Å². The average Bonchev–Trinajstić information content (AvgIpc) is 3.19. The van der Waals surface area contributed by atoms with Gasteiger partial charge in [-0.2, -0.15) is 0 Å². The lowest BCUT2D eigenvalue weighted by molar-refractivity contribution is -0.121. The van der Waals surface area contributed by atoms with Crippen LogP contribution in [0, 0.1) is 5.82 Å². The molecule has 1 N–H and O–H groups in total. The topological polar surface area (TPSA) is 52.5 Å². The van der Waals surface area contributed by atoms with E-state index < -0.39 is 0 Å². The predicted molar refractivity (Wildman–Crippen MR) is 86.3 cm³/mol. The highest BCUT2D eigenvalue weighted by Crippen LogP contribution is 2.32. The summed E-state index contributed by atoms with van der Waals surface area (Å²) in [6.07, 6.45) is 1.78. The van der Waals surface area contributed by atoms with Crippen molar-refractivity contribution in [3.05, 3.63) is 60.0 Å². The summed E-state index contributed by atoms with van der Waals surface area (Å²) in [5.41, 5.74) is 1.63. The first kappa shape index (κ1) is 14.6. The maximum Gasteiger partial charge on any atom is 0.240 e. The Hall–Kier alpha value is -3.02. The van der Waals surface area contributed by atoms with Crippen LogP contribution in [0.4, 0.5) is 4.39 Å². The molecule has 122 valence electrons. The van der Waals surface area contributed by atoms with E-state index in [1.54, 1.807) is 16.8 Å². The minimum atomic E-state index is -0.316. The van der Waals surface area contributed by atoms with Gasteiger partial charge in [0.2, 0.25) is 12.7 Å². The molecule has 4 rings (SSSR count). The van der Waals surface area contributed by atoms with E-state index in [4.69, 9.17) is 9.47 Å². The minimum absolute atomic E-state index is 0.136. The number of benzene rings is 2. The molecule has 0 saturated carbocycles. The van der Waals surface area contributed by atoms with Crippen LogP contribution >= 0.6 is 0 Å². The molecule has 1 amide bonds. The molecule has 24 heavy (non-hydrogen) atoms. The Bertz CT molecular complexity index is 920. The molecule has 1 aromatic heterocycles. The summed E-state index contributed by atoms with van der Waals surface area (Å²) in [5, 5.41) is 3.76. The smallest absolute Gasteiger partial charge is 0.240 e. The van der Waals surface area contributed by atoms with Crippen LogP contribution in [0.25, 0.3) is 10.9 Å². The number of halogens is 1. The van der Waals surface area contributed by atoms with Crippen molar-refractivity contribution in [1.82, 2.24) is 9.88 Å². The summed E-state index contributed by atoms with van der Waals surface area (Å²) in [5.74, 6) is 0.942. The van der Waals surface area contributed by atoms with E-state index in [1.165, 1.54) is 12.1 Å². The van der Waals surface area contributed by atoms with Crippen molar-refractivity contribution in [3.63, 3.8) is 0 Å². The summed E-state index contributed by atoms with van der Waals surface area (Å²) < 4.78 is 25.7. The first-order valence-corrected chi connectivity index (χ1v) is 7.59. The third-order valence-corrected chi connectivity index (χ3v) is 3.98. The number of carbonyl (C=O) groups excluding carboxylic acids is 1. The van der Waals surface area contributed by atoms with Crippen LogP contribution in [0.15, 0.2) is 48.7 Å². The predicted octanol–water partition coefficient (Wildman–Crippen LogP) is 2.83. The number of nitrogens with zero attached hydrogens (tertiary/aromatic N) is 1. The molecule has 0 radical (unpaired) electrons. The van der Waals surface area contributed by atoms with Gasteiger partial charge in [-0.1, -0.05) is 6.07 Å². The number of nitrogens with one attached hydrogen (secondary N) is 1. The number of rotatable bonds is 4. The molecular weight excluding hydrogens is 311 g/mol. The lowest BCUT2D eigenvalue weighted by atomic mass is 10.2. The van der Waals surface area contributed by atoms with Gasteiger partial charge in [-0.25, -0.2) is 4.39 Å². The number of aromatic nitrogens is 1. The van der Waals surface area contributed by atoms with Gasteiger partial charge >= 0.3 is 0 Å². The Kier molecular flexibility index (Phi) is 3.57. The maximum atomic E-state index is 13.4. The highest BCUT2D eigenvalue weighted by Gasteiger charge is 2.13. The molecule has 5 nitrogen and oxygen atoms in total. The molecule has 0 fully saturated rings. The molecular formula is C18H15FN2O3. The van der Waals surface area contributed by atoms with Gasteiger partial charge in [-0.05, 0) is 47.3 Å². The second kappa shape index (κ2) is 5.88. The van der Waals surface area contributed by atoms with Crippen LogP contribution in [0.3, 0.4) is 0 Å². The third kappa shape index (κ3) is 2.78. The Balaban J connectivity index is 1.42. The normalized spacial score (nSPS) is 12.5. The fourth-order valence-electron chi connectivity index (χ4n) is 2.76. The van der Waals surface area contributed by atoms with Gasteiger partial charge in [-0.15, -0.1) is 0 Å². The lowest BCUT2D eigenvalue weighted by Crippen LogP contribution is -2.26. The van der Waals surface area contributed by atoms with Crippen LogP contribution in [-0.2, 0) is 17.9 Å². The Morgan fingerprint density at radius 3 is 2.92 bits per heavy atom. The fraction of sp³-hybridized carbons (Fsp3) is 0.167. The van der Waals surface area contributed by atoms with Crippen molar-refractivity contribution >= 4 is 16.8 Å². The van der Waals surface area contributed by atoms with E-state index in [-0.39, 0.29) is 25.1 Å². The molecule has 0 atom stereocenters. The van der Waals surface area contributed by atoms with Crippen molar-refractivity contribution in [2.24, 2.45) is 0 Å². The molecule has 2 aromatic carbocycles. The van der Waals surface area contributed by atoms with Gasteiger partial charge in [0.25, 0.3) is 0 Å². The van der Waals surface area contributed by atoms with Crippen molar-refractivity contribution in [1.29, 1.82) is 0 Å². The zero-order chi connectivity index (χ0) is 16.5. The molecule has 0 bridgehead atoms. The largest absolute Gasteiger partial charge is 0.454 e. The number of hydrogen-bond acceptors (Lipinski definition) is 3. The summed E-state index contributed by atoms with van der Waals surface area (Å²) in [7, 11) is 0. The van der Waals surface area contributed by atoms with E-state index in [0.29, 0.717) is 23.6 Å². The van der Waals surface area contributed by atoms with Crippen molar-refractivity contribution < 1.29 is 18.7 Å². The average molecular weight is 326 g/mol. The van der Waals surface area contributed by atoms with Gasteiger partial charge < -0.3 is 19.4 Å². The lowest BCUT2D eigenvalue weighted by Gasteiger charge is -2.08. The Labute approximate surface area is 137 Å². The molecule has 3 aromatic rings. The van der Waals surface area contributed by atoms with Crippen LogP contribution in [0.1, 0.15) is 5.56 Å². The molecule has 0 saturated heterocycles. The molecule has 6 heteroatoms. The van der Waals surface area contributed by atoms with Crippen molar-refractivity contribution in [2.45, 2.75) is 13.1 Å². The summed E-state index contributed by atoms with van der Waals surface area (Å²) in [4.78, 5) is 12.2. The summed E-state index contributed by atoms with van der Waals surface area (Å²) in [6.45, 7) is 0.753. The number of amides is 1. The number of fused-ring (bicyclic) bond motifs is 2. The molecule has 0 aliphatic carbocycles. The van der Waals surface area contributed by atoms with Crippen LogP contribution in [-0.4, -0.2) is 17.3 Å². The first-order valence-electron chi connectivity index (χ1n) is 7.59. The van der Waals surface area contributed by atoms with E-state index in [2.05, 4.69) is 5.32 Å². The molecule has 2 heterocycles. The molecule has 1 aliphatic rings. The van der Waals surface area contributed by atoms with Crippen LogP contribution in [0.5, 0.6) is 11.5 Å². The molecule has 0 spiro atoms. The second-order valence-electron chi connectivity index (χ2n) is 5.61. The van der Waals surface area contributed by atoms with E-state index in [1.807, 2.05) is 24.3 Å². The quantitative estimate of drug-likeness (QED) is 0.802. The van der Waals surface area contributed by atoms with E-state index >= 15 is 0 Å². The molecule has 1 aliphatic heterocycles. The number of ether oxygens (including phenoxy) is 2. The van der Waals surface area contributed by atoms with E-state index in [9.17, 15) is 9.18 Å². The van der Waals surface area contributed by atoms with Gasteiger partial charge in [0.15, 0.2) is 11.5 Å². The van der Waals surface area contributed by atoms with Crippen LogP contribution < -0.4 is 14.8 Å². The SMILES string of the molecule is O=C(Cn1ccc2ccc(F)cc21)NCc1ccc2c(c1)OCO2. The highest BCUT2D eigenvalue weighted by atomic mass is 19.1. The monoisotopic (exact) mass is 326 g/mol. The zero-order valence-corrected chi connectivity index (χ0v) is 12.8. The van der Waals surface area contributed by atoms with E-state index in [0.717, 1.165) is 10.9 Å². The third-order valence-electron chi connectivity index (χ3n) is 3.98. The fourth-order valence-corrected chi connectivity index (χ4v) is 2.76. The first-order chi connectivity index (χ1) is 11.7. The van der Waals surface area contributed by atoms with Gasteiger partial charge in [0.1, 0.15) is 12.4 Å². The number of carbonyl (C=O) groups is 1. The van der Waals surface area contributed by atoms with Crippen LogP contribution in [0.2, 0.25) is 0 Å². The second-order valence-corrected chi connectivity index (χ2v) is 5.61. The van der Waals surface area contributed by atoms with Crippen molar-refractivity contribution in [3.8, 4) is 11.5 Å².